The maximum absolute atomic E-state index is 6.21. The van der Waals surface area contributed by atoms with Crippen molar-refractivity contribution in [1.82, 2.24) is 9.80 Å². The normalized spacial score (nSPS) is 28.9. The van der Waals surface area contributed by atoms with Crippen molar-refractivity contribution in [2.75, 3.05) is 39.3 Å². The Balaban J connectivity index is 1.97. The summed E-state index contributed by atoms with van der Waals surface area (Å²) in [6, 6.07) is 0.656. The molecule has 2 rings (SSSR count). The van der Waals surface area contributed by atoms with E-state index in [-0.39, 0.29) is 5.54 Å². The maximum atomic E-state index is 6.21. The van der Waals surface area contributed by atoms with Gasteiger partial charge in [0, 0.05) is 44.4 Å². The molecule has 2 fully saturated rings. The molecular formula is C16H33N3O. The van der Waals surface area contributed by atoms with E-state index in [2.05, 4.69) is 30.6 Å². The first-order valence-electron chi connectivity index (χ1n) is 8.42. The lowest BCUT2D eigenvalue weighted by molar-refractivity contribution is -0.0535. The average molecular weight is 283 g/mol. The Morgan fingerprint density at radius 1 is 1.25 bits per heavy atom. The summed E-state index contributed by atoms with van der Waals surface area (Å²) in [5.41, 5.74) is 6.43. The molecule has 4 heteroatoms. The first-order chi connectivity index (χ1) is 9.61. The molecule has 0 saturated carbocycles. The first-order valence-corrected chi connectivity index (χ1v) is 8.42. The number of hydrogen-bond donors (Lipinski definition) is 1. The topological polar surface area (TPSA) is 41.7 Å². The highest BCUT2D eigenvalue weighted by molar-refractivity contribution is 4.98. The molecule has 1 unspecified atom stereocenters. The molecule has 0 aromatic carbocycles. The molecule has 0 radical (unpaired) electrons. The zero-order valence-corrected chi connectivity index (χ0v) is 13.6. The van der Waals surface area contributed by atoms with Gasteiger partial charge in [-0.25, -0.2) is 0 Å². The van der Waals surface area contributed by atoms with Crippen LogP contribution in [0, 0.1) is 0 Å². The quantitative estimate of drug-likeness (QED) is 0.834. The van der Waals surface area contributed by atoms with Gasteiger partial charge in [0.15, 0.2) is 0 Å². The molecule has 2 saturated heterocycles. The van der Waals surface area contributed by atoms with Gasteiger partial charge >= 0.3 is 0 Å². The Morgan fingerprint density at radius 2 is 1.95 bits per heavy atom. The lowest BCUT2D eigenvalue weighted by atomic mass is 9.83. The third-order valence-corrected chi connectivity index (χ3v) is 5.29. The second-order valence-electron chi connectivity index (χ2n) is 6.72. The lowest BCUT2D eigenvalue weighted by Gasteiger charge is -2.51. The summed E-state index contributed by atoms with van der Waals surface area (Å²) in [5, 5.41) is 0. The molecular weight excluding hydrogens is 250 g/mol. The molecule has 0 aromatic rings. The molecule has 1 atom stereocenters. The Hall–Kier alpha value is -0.160. The molecule has 0 spiro atoms. The zero-order valence-electron chi connectivity index (χ0n) is 13.6. The largest absolute Gasteiger partial charge is 0.377 e. The second-order valence-corrected chi connectivity index (χ2v) is 6.72. The minimum absolute atomic E-state index is 0.223. The van der Waals surface area contributed by atoms with Gasteiger partial charge in [0.1, 0.15) is 0 Å². The van der Waals surface area contributed by atoms with E-state index in [9.17, 15) is 0 Å². The number of hydrogen-bond acceptors (Lipinski definition) is 4. The molecule has 0 aromatic heterocycles. The van der Waals surface area contributed by atoms with Crippen molar-refractivity contribution in [3.05, 3.63) is 0 Å². The molecule has 2 heterocycles. The molecule has 20 heavy (non-hydrogen) atoms. The summed E-state index contributed by atoms with van der Waals surface area (Å²) in [7, 11) is 0. The van der Waals surface area contributed by atoms with E-state index in [1.54, 1.807) is 0 Å². The highest BCUT2D eigenvalue weighted by atomic mass is 16.5. The third kappa shape index (κ3) is 3.53. The van der Waals surface area contributed by atoms with Crippen LogP contribution in [0.5, 0.6) is 0 Å². The standard InChI is InChI=1S/C16H33N3O/c1-4-20-15-6-5-9-19(12-15)16(13-17)7-10-18(11-8-16)14(2)3/h14-15H,4-13,17H2,1-3H3. The molecule has 2 aliphatic rings. The Bertz CT molecular complexity index is 285. The second kappa shape index (κ2) is 7.21. The number of ether oxygens (including phenoxy) is 1. The molecule has 2 N–H and O–H groups in total. The van der Waals surface area contributed by atoms with E-state index < -0.39 is 0 Å². The van der Waals surface area contributed by atoms with Crippen molar-refractivity contribution in [3.8, 4) is 0 Å². The highest BCUT2D eigenvalue weighted by Gasteiger charge is 2.41. The van der Waals surface area contributed by atoms with Gasteiger partial charge in [0.25, 0.3) is 0 Å². The summed E-state index contributed by atoms with van der Waals surface area (Å²) in [5.74, 6) is 0. The van der Waals surface area contributed by atoms with Gasteiger partial charge < -0.3 is 15.4 Å². The fourth-order valence-electron chi connectivity index (χ4n) is 3.85. The molecule has 4 nitrogen and oxygen atoms in total. The van der Waals surface area contributed by atoms with Crippen LogP contribution in [0.15, 0.2) is 0 Å². The predicted molar refractivity (Wildman–Crippen MR) is 83.9 cm³/mol. The van der Waals surface area contributed by atoms with E-state index in [1.807, 2.05) is 0 Å². The van der Waals surface area contributed by atoms with E-state index in [0.717, 1.165) is 19.7 Å². The van der Waals surface area contributed by atoms with E-state index in [0.29, 0.717) is 12.1 Å². The van der Waals surface area contributed by atoms with Gasteiger partial charge in [-0.3, -0.25) is 4.90 Å². The molecule has 2 aliphatic heterocycles. The average Bonchev–Trinajstić information content (AvgIpc) is 2.48. The van der Waals surface area contributed by atoms with E-state index in [4.69, 9.17) is 10.5 Å². The van der Waals surface area contributed by atoms with Gasteiger partial charge in [-0.1, -0.05) is 0 Å². The van der Waals surface area contributed by atoms with Crippen molar-refractivity contribution < 1.29 is 4.74 Å². The van der Waals surface area contributed by atoms with Gasteiger partial charge in [-0.15, -0.1) is 0 Å². The SMILES string of the molecule is CCOC1CCCN(C2(CN)CCN(C(C)C)CC2)C1. The van der Waals surface area contributed by atoms with Crippen LogP contribution in [-0.4, -0.2) is 66.8 Å². The van der Waals surface area contributed by atoms with Crippen LogP contribution in [0.4, 0.5) is 0 Å². The summed E-state index contributed by atoms with van der Waals surface area (Å²) in [6.45, 7) is 12.9. The fourth-order valence-corrected chi connectivity index (χ4v) is 3.85. The minimum Gasteiger partial charge on any atom is -0.377 e. The van der Waals surface area contributed by atoms with Crippen LogP contribution in [0.2, 0.25) is 0 Å². The molecule has 0 bridgehead atoms. The summed E-state index contributed by atoms with van der Waals surface area (Å²) < 4.78 is 5.86. The maximum Gasteiger partial charge on any atom is 0.0702 e. The predicted octanol–water partition coefficient (Wildman–Crippen LogP) is 1.69. The number of likely N-dealkylation sites (tertiary alicyclic amines) is 2. The molecule has 0 aliphatic carbocycles. The van der Waals surface area contributed by atoms with Crippen LogP contribution in [0.3, 0.4) is 0 Å². The van der Waals surface area contributed by atoms with Crippen molar-refractivity contribution in [2.45, 2.75) is 64.1 Å². The van der Waals surface area contributed by atoms with Crippen molar-refractivity contribution >= 4 is 0 Å². The molecule has 118 valence electrons. The monoisotopic (exact) mass is 283 g/mol. The zero-order chi connectivity index (χ0) is 14.6. The minimum atomic E-state index is 0.223. The van der Waals surface area contributed by atoms with Gasteiger partial charge in [0.2, 0.25) is 0 Å². The van der Waals surface area contributed by atoms with E-state index >= 15 is 0 Å². The number of rotatable bonds is 5. The van der Waals surface area contributed by atoms with Crippen LogP contribution < -0.4 is 5.73 Å². The molecule has 0 amide bonds. The Labute approximate surface area is 124 Å². The number of nitrogens with two attached hydrogens (primary N) is 1. The smallest absolute Gasteiger partial charge is 0.0702 e. The summed E-state index contributed by atoms with van der Waals surface area (Å²) in [4.78, 5) is 5.23. The van der Waals surface area contributed by atoms with Crippen LogP contribution in [0.1, 0.15) is 46.5 Å². The third-order valence-electron chi connectivity index (χ3n) is 5.29. The van der Waals surface area contributed by atoms with Crippen LogP contribution >= 0.6 is 0 Å². The van der Waals surface area contributed by atoms with Crippen molar-refractivity contribution in [1.29, 1.82) is 0 Å². The van der Waals surface area contributed by atoms with Gasteiger partial charge in [-0.2, -0.15) is 0 Å². The summed E-state index contributed by atoms with van der Waals surface area (Å²) >= 11 is 0. The van der Waals surface area contributed by atoms with Crippen molar-refractivity contribution in [3.63, 3.8) is 0 Å². The summed E-state index contributed by atoms with van der Waals surface area (Å²) in [6.07, 6.45) is 5.30. The lowest BCUT2D eigenvalue weighted by Crippen LogP contribution is -2.62. The number of nitrogens with zero attached hydrogens (tertiary/aromatic N) is 2. The van der Waals surface area contributed by atoms with E-state index in [1.165, 1.54) is 45.3 Å². The Morgan fingerprint density at radius 3 is 2.50 bits per heavy atom. The van der Waals surface area contributed by atoms with Crippen LogP contribution in [0.25, 0.3) is 0 Å². The highest BCUT2D eigenvalue weighted by Crippen LogP contribution is 2.32. The Kier molecular flexibility index (Phi) is 5.84. The fraction of sp³-hybridized carbons (Fsp3) is 1.00. The van der Waals surface area contributed by atoms with Crippen LogP contribution in [-0.2, 0) is 4.74 Å². The van der Waals surface area contributed by atoms with Gasteiger partial charge in [0.05, 0.1) is 6.10 Å². The van der Waals surface area contributed by atoms with Gasteiger partial charge in [-0.05, 0) is 53.0 Å². The van der Waals surface area contributed by atoms with Crippen molar-refractivity contribution in [2.24, 2.45) is 5.73 Å². The number of piperidine rings is 2. The first kappa shape index (κ1) is 16.2.